The topological polar surface area (TPSA) is 129 Å². The molecule has 0 amide bonds. The van der Waals surface area contributed by atoms with Gasteiger partial charge in [0.05, 0.1) is 41.0 Å². The first-order valence-electron chi connectivity index (χ1n) is 12.3. The maximum absolute atomic E-state index is 14.4. The van der Waals surface area contributed by atoms with Crippen LogP contribution in [-0.4, -0.2) is 49.8 Å². The van der Waals surface area contributed by atoms with Crippen LogP contribution in [0.2, 0.25) is 0 Å². The van der Waals surface area contributed by atoms with Gasteiger partial charge in [-0.15, -0.1) is 0 Å². The molecule has 0 saturated carbocycles. The van der Waals surface area contributed by atoms with Crippen LogP contribution in [0.5, 0.6) is 17.2 Å². The summed E-state index contributed by atoms with van der Waals surface area (Å²) in [6, 6.07) is 15.2. The van der Waals surface area contributed by atoms with Gasteiger partial charge in [0.15, 0.2) is 11.4 Å². The van der Waals surface area contributed by atoms with Crippen molar-refractivity contribution in [1.82, 2.24) is 14.9 Å². The van der Waals surface area contributed by atoms with Crippen molar-refractivity contribution in [3.8, 4) is 17.2 Å². The molecule has 0 atom stereocenters. The van der Waals surface area contributed by atoms with Crippen molar-refractivity contribution in [2.75, 3.05) is 25.6 Å². The number of benzene rings is 3. The minimum Gasteiger partial charge on any atom is -0.497 e. The standard InChI is InChI=1S/C28H27BrN4O7S/c1-37-22-10-18(9-20(11-22)17-34)16-33(41(35,36)26-14-21(29)5-6-23(26)38-2)28-27-24(39-3)12-19(13-25(27)40-31-28)15-32-8-4-7-30-32/h4-14,34H,15-17H2,1-3H3. The summed E-state index contributed by atoms with van der Waals surface area (Å²) < 4.78 is 54.5. The molecule has 214 valence electrons. The van der Waals surface area contributed by atoms with Gasteiger partial charge in [0.25, 0.3) is 10.0 Å². The lowest BCUT2D eigenvalue weighted by atomic mass is 10.1. The Labute approximate surface area is 245 Å². The second kappa shape index (κ2) is 11.8. The summed E-state index contributed by atoms with van der Waals surface area (Å²) in [7, 11) is 0.0823. The smallest absolute Gasteiger partial charge is 0.269 e. The van der Waals surface area contributed by atoms with Gasteiger partial charge >= 0.3 is 0 Å². The third-order valence-corrected chi connectivity index (χ3v) is 8.65. The Bertz CT molecular complexity index is 1770. The van der Waals surface area contributed by atoms with E-state index in [4.69, 9.17) is 18.7 Å². The number of halogens is 1. The molecule has 0 fully saturated rings. The molecule has 0 aliphatic carbocycles. The maximum Gasteiger partial charge on any atom is 0.269 e. The van der Waals surface area contributed by atoms with Gasteiger partial charge in [-0.05, 0) is 65.2 Å². The zero-order valence-electron chi connectivity index (χ0n) is 22.4. The molecule has 0 unspecified atom stereocenters. The highest BCUT2D eigenvalue weighted by Crippen LogP contribution is 2.40. The summed E-state index contributed by atoms with van der Waals surface area (Å²) in [6.07, 6.45) is 3.51. The molecule has 0 saturated heterocycles. The van der Waals surface area contributed by atoms with Crippen molar-refractivity contribution < 1.29 is 32.3 Å². The summed E-state index contributed by atoms with van der Waals surface area (Å²) in [6.45, 7) is 0.0263. The molecular formula is C28H27BrN4O7S. The molecule has 11 nitrogen and oxygen atoms in total. The molecule has 5 aromatic rings. The average molecular weight is 644 g/mol. The number of nitrogens with zero attached hydrogens (tertiary/aromatic N) is 4. The lowest BCUT2D eigenvalue weighted by Gasteiger charge is -2.24. The molecule has 1 N–H and O–H groups in total. The predicted molar refractivity (Wildman–Crippen MR) is 155 cm³/mol. The predicted octanol–water partition coefficient (Wildman–Crippen LogP) is 4.75. The molecule has 3 aromatic carbocycles. The van der Waals surface area contributed by atoms with Crippen LogP contribution >= 0.6 is 15.9 Å². The summed E-state index contributed by atoms with van der Waals surface area (Å²) in [5.41, 5.74) is 2.27. The third-order valence-electron chi connectivity index (χ3n) is 6.40. The summed E-state index contributed by atoms with van der Waals surface area (Å²) >= 11 is 3.37. The maximum atomic E-state index is 14.4. The van der Waals surface area contributed by atoms with Gasteiger partial charge in [-0.1, -0.05) is 27.2 Å². The number of hydrogen-bond acceptors (Lipinski definition) is 9. The Kier molecular flexibility index (Phi) is 8.20. The Morgan fingerprint density at radius 1 is 0.976 bits per heavy atom. The number of aliphatic hydroxyl groups excluding tert-OH is 1. The van der Waals surface area contributed by atoms with Crippen molar-refractivity contribution in [3.05, 3.63) is 88.2 Å². The van der Waals surface area contributed by atoms with Gasteiger partial charge in [0, 0.05) is 16.9 Å². The number of fused-ring (bicyclic) bond motifs is 1. The van der Waals surface area contributed by atoms with Crippen molar-refractivity contribution in [1.29, 1.82) is 0 Å². The van der Waals surface area contributed by atoms with Crippen molar-refractivity contribution in [2.45, 2.75) is 24.6 Å². The number of methoxy groups -OCH3 is 3. The Morgan fingerprint density at radius 2 is 1.76 bits per heavy atom. The van der Waals surface area contributed by atoms with Crippen LogP contribution in [0.25, 0.3) is 11.0 Å². The monoisotopic (exact) mass is 642 g/mol. The Hall–Kier alpha value is -4.07. The quantitative estimate of drug-likeness (QED) is 0.217. The molecule has 2 heterocycles. The van der Waals surface area contributed by atoms with Gasteiger partial charge in [-0.3, -0.25) is 4.68 Å². The number of aromatic nitrogens is 3. The molecule has 0 spiro atoms. The van der Waals surface area contributed by atoms with Crippen LogP contribution in [0.3, 0.4) is 0 Å². The van der Waals surface area contributed by atoms with E-state index in [0.29, 0.717) is 44.6 Å². The Balaban J connectivity index is 1.70. The van der Waals surface area contributed by atoms with E-state index < -0.39 is 10.0 Å². The van der Waals surface area contributed by atoms with Crippen LogP contribution in [0.1, 0.15) is 16.7 Å². The Morgan fingerprint density at radius 3 is 2.44 bits per heavy atom. The van der Waals surface area contributed by atoms with Crippen LogP contribution in [-0.2, 0) is 29.7 Å². The van der Waals surface area contributed by atoms with Crippen molar-refractivity contribution in [3.63, 3.8) is 0 Å². The van der Waals surface area contributed by atoms with Crippen LogP contribution < -0.4 is 18.5 Å². The SMILES string of the molecule is COc1cc(CO)cc(CN(c2noc3cc(Cn4cccn4)cc(OC)c23)S(=O)(=O)c2cc(Br)ccc2OC)c1. The third kappa shape index (κ3) is 5.73. The van der Waals surface area contributed by atoms with Gasteiger partial charge in [-0.2, -0.15) is 5.10 Å². The van der Waals surface area contributed by atoms with Crippen LogP contribution in [0, 0.1) is 0 Å². The fourth-order valence-electron chi connectivity index (χ4n) is 4.52. The first-order chi connectivity index (χ1) is 19.8. The van der Waals surface area contributed by atoms with Crippen LogP contribution in [0.4, 0.5) is 5.82 Å². The number of hydrogen-bond donors (Lipinski definition) is 1. The van der Waals surface area contributed by atoms with E-state index >= 15 is 0 Å². The molecule has 0 radical (unpaired) electrons. The fourth-order valence-corrected chi connectivity index (χ4v) is 6.62. The average Bonchev–Trinajstić information content (AvgIpc) is 3.65. The first-order valence-corrected chi connectivity index (χ1v) is 14.6. The zero-order valence-corrected chi connectivity index (χ0v) is 24.8. The highest BCUT2D eigenvalue weighted by Gasteiger charge is 2.33. The second-order valence-corrected chi connectivity index (χ2v) is 11.8. The van der Waals surface area contributed by atoms with Crippen molar-refractivity contribution >= 4 is 42.7 Å². The largest absolute Gasteiger partial charge is 0.497 e. The summed E-state index contributed by atoms with van der Waals surface area (Å²) in [5, 5.41) is 18.7. The van der Waals surface area contributed by atoms with E-state index in [9.17, 15) is 13.5 Å². The fraction of sp³-hybridized carbons (Fsp3) is 0.214. The molecular weight excluding hydrogens is 616 g/mol. The van der Waals surface area contributed by atoms with E-state index in [-0.39, 0.29) is 29.6 Å². The van der Waals surface area contributed by atoms with E-state index in [1.54, 1.807) is 53.3 Å². The molecule has 0 aliphatic rings. The molecule has 13 heteroatoms. The number of anilines is 1. The van der Waals surface area contributed by atoms with E-state index in [0.717, 1.165) is 9.87 Å². The lowest BCUT2D eigenvalue weighted by Crippen LogP contribution is -2.31. The summed E-state index contributed by atoms with van der Waals surface area (Å²) in [4.78, 5) is -0.0786. The van der Waals surface area contributed by atoms with E-state index in [1.807, 2.05) is 12.3 Å². The normalized spacial score (nSPS) is 11.5. The van der Waals surface area contributed by atoms with Gasteiger partial charge in [-0.25, -0.2) is 12.7 Å². The van der Waals surface area contributed by atoms with E-state index in [1.165, 1.54) is 27.4 Å². The highest BCUT2D eigenvalue weighted by molar-refractivity contribution is 9.10. The van der Waals surface area contributed by atoms with Gasteiger partial charge in [0.2, 0.25) is 0 Å². The minimum absolute atomic E-state index is 0.0258. The highest BCUT2D eigenvalue weighted by atomic mass is 79.9. The molecule has 41 heavy (non-hydrogen) atoms. The minimum atomic E-state index is -4.31. The molecule has 2 aromatic heterocycles. The lowest BCUT2D eigenvalue weighted by molar-refractivity contribution is 0.281. The first kappa shape index (κ1) is 28.5. The number of ether oxygens (including phenoxy) is 3. The molecule has 0 bridgehead atoms. The summed E-state index contributed by atoms with van der Waals surface area (Å²) in [5.74, 6) is 1.03. The molecule has 5 rings (SSSR count). The molecule has 0 aliphatic heterocycles. The van der Waals surface area contributed by atoms with Crippen LogP contribution in [0.15, 0.2) is 80.9 Å². The van der Waals surface area contributed by atoms with Crippen molar-refractivity contribution in [2.24, 2.45) is 0 Å². The number of aliphatic hydroxyl groups is 1. The number of rotatable bonds is 11. The zero-order chi connectivity index (χ0) is 29.1. The van der Waals surface area contributed by atoms with E-state index in [2.05, 4.69) is 26.2 Å². The number of sulfonamides is 1. The van der Waals surface area contributed by atoms with Gasteiger partial charge < -0.3 is 23.8 Å². The van der Waals surface area contributed by atoms with Gasteiger partial charge in [0.1, 0.15) is 27.5 Å². The second-order valence-electron chi connectivity index (χ2n) is 9.04.